The van der Waals surface area contributed by atoms with E-state index in [1.807, 2.05) is 72.8 Å². The number of hydrogen-bond donors (Lipinski definition) is 3. The minimum Gasteiger partial charge on any atom is -0.355 e. The van der Waals surface area contributed by atoms with E-state index in [2.05, 4.69) is 31.7 Å². The molecule has 35 heavy (non-hydrogen) atoms. The topological polar surface area (TPSA) is 102 Å². The van der Waals surface area contributed by atoms with Gasteiger partial charge in [0.25, 0.3) is 0 Å². The number of aromatic nitrogens is 4. The van der Waals surface area contributed by atoms with Crippen LogP contribution in [0.4, 0.5) is 22.7 Å². The van der Waals surface area contributed by atoms with Gasteiger partial charge in [-0.15, -0.1) is 0 Å². The van der Waals surface area contributed by atoms with Gasteiger partial charge in [-0.3, -0.25) is 9.97 Å². The number of pyridine rings is 2. The van der Waals surface area contributed by atoms with Crippen LogP contribution in [0.1, 0.15) is 5.56 Å². The summed E-state index contributed by atoms with van der Waals surface area (Å²) in [6.45, 7) is 0. The van der Waals surface area contributed by atoms with Gasteiger partial charge >= 0.3 is 0 Å². The molecule has 0 bridgehead atoms. The van der Waals surface area contributed by atoms with Crippen LogP contribution < -0.4 is 10.6 Å². The zero-order valence-electron chi connectivity index (χ0n) is 18.5. The molecule has 0 fully saturated rings. The van der Waals surface area contributed by atoms with Crippen LogP contribution in [0.2, 0.25) is 0 Å². The average Bonchev–Trinajstić information content (AvgIpc) is 3.33. The maximum absolute atomic E-state index is 9.28. The van der Waals surface area contributed by atoms with Crippen molar-refractivity contribution < 1.29 is 0 Å². The van der Waals surface area contributed by atoms with Crippen LogP contribution in [0.15, 0.2) is 97.5 Å². The van der Waals surface area contributed by atoms with E-state index in [1.165, 1.54) is 0 Å². The maximum atomic E-state index is 9.28. The predicted molar refractivity (Wildman–Crippen MR) is 139 cm³/mol. The summed E-state index contributed by atoms with van der Waals surface area (Å²) >= 11 is 0. The number of H-pyrrole nitrogens is 1. The number of benzene rings is 3. The summed E-state index contributed by atoms with van der Waals surface area (Å²) in [5.74, 6) is 0.788. The molecule has 6 aromatic rings. The molecular weight excluding hydrogens is 434 g/mol. The molecule has 0 amide bonds. The number of rotatable bonds is 5. The van der Waals surface area contributed by atoms with Crippen molar-refractivity contribution in [2.75, 3.05) is 10.6 Å². The zero-order chi connectivity index (χ0) is 23.6. The van der Waals surface area contributed by atoms with Gasteiger partial charge in [0.15, 0.2) is 0 Å². The minimum absolute atomic E-state index is 0.599. The molecule has 0 saturated carbocycles. The molecule has 0 radical (unpaired) electrons. The van der Waals surface area contributed by atoms with Crippen molar-refractivity contribution in [2.24, 2.45) is 0 Å². The molecular formula is C28H19N7. The lowest BCUT2D eigenvalue weighted by Gasteiger charge is -2.10. The van der Waals surface area contributed by atoms with Crippen LogP contribution in [0.5, 0.6) is 0 Å². The normalized spacial score (nSPS) is 10.8. The molecule has 0 saturated heterocycles. The van der Waals surface area contributed by atoms with Gasteiger partial charge in [0.1, 0.15) is 5.82 Å². The lowest BCUT2D eigenvalue weighted by molar-refractivity contribution is 1.32. The first-order valence-electron chi connectivity index (χ1n) is 11.1. The Bertz CT molecular complexity index is 1720. The molecule has 7 heteroatoms. The molecule has 0 aliphatic carbocycles. The van der Waals surface area contributed by atoms with E-state index >= 15 is 0 Å². The van der Waals surface area contributed by atoms with Gasteiger partial charge in [-0.1, -0.05) is 12.1 Å². The van der Waals surface area contributed by atoms with E-state index in [0.717, 1.165) is 56.1 Å². The number of nitrogens with one attached hydrogen (secondary N) is 3. The Morgan fingerprint density at radius 2 is 1.60 bits per heavy atom. The molecule has 0 atom stereocenters. The van der Waals surface area contributed by atoms with E-state index < -0.39 is 0 Å². The summed E-state index contributed by atoms with van der Waals surface area (Å²) in [6.07, 6.45) is 5.28. The van der Waals surface area contributed by atoms with Gasteiger partial charge in [-0.2, -0.15) is 5.26 Å². The quantitative estimate of drug-likeness (QED) is 0.274. The first kappa shape index (κ1) is 20.4. The van der Waals surface area contributed by atoms with Crippen LogP contribution in [-0.4, -0.2) is 19.9 Å². The Hall–Kier alpha value is -5.22. The fraction of sp³-hybridized carbons (Fsp3) is 0. The molecule has 3 aromatic carbocycles. The molecule has 0 unspecified atom stereocenters. The van der Waals surface area contributed by atoms with E-state index in [1.54, 1.807) is 24.7 Å². The molecule has 166 valence electrons. The lowest BCUT2D eigenvalue weighted by Crippen LogP contribution is -1.94. The molecule has 6 rings (SSSR count). The minimum atomic E-state index is 0.599. The standard InChI is InChI=1S/C28H19N7/c29-17-18-4-6-24-23(14-18)25(10-13-31-24)33-21-3-1-2-19(15-21)28-34-26-7-5-22(16-27(26)35-28)32-20-8-11-30-12-9-20/h1-16H,(H,30,32)(H,31,33)(H,34,35). The molecule has 3 aromatic heterocycles. The summed E-state index contributed by atoms with van der Waals surface area (Å²) in [5, 5.41) is 17.0. The number of nitriles is 1. The van der Waals surface area contributed by atoms with Crippen molar-refractivity contribution in [3.05, 3.63) is 103 Å². The third kappa shape index (κ3) is 4.12. The highest BCUT2D eigenvalue weighted by Gasteiger charge is 2.09. The number of fused-ring (bicyclic) bond motifs is 2. The Balaban J connectivity index is 1.30. The van der Waals surface area contributed by atoms with E-state index in [-0.39, 0.29) is 0 Å². The Morgan fingerprint density at radius 3 is 2.49 bits per heavy atom. The van der Waals surface area contributed by atoms with Crippen LogP contribution in [0, 0.1) is 11.3 Å². The van der Waals surface area contributed by atoms with Gasteiger partial charge in [-0.25, -0.2) is 4.98 Å². The van der Waals surface area contributed by atoms with Gasteiger partial charge < -0.3 is 15.6 Å². The summed E-state index contributed by atoms with van der Waals surface area (Å²) in [6, 6.07) is 27.6. The van der Waals surface area contributed by atoms with Gasteiger partial charge in [0.2, 0.25) is 0 Å². The number of imidazole rings is 1. The fourth-order valence-electron chi connectivity index (χ4n) is 4.05. The second-order valence-electron chi connectivity index (χ2n) is 8.09. The third-order valence-electron chi connectivity index (χ3n) is 5.74. The number of anilines is 4. The first-order valence-corrected chi connectivity index (χ1v) is 11.1. The third-order valence-corrected chi connectivity index (χ3v) is 5.74. The number of hydrogen-bond acceptors (Lipinski definition) is 6. The van der Waals surface area contributed by atoms with E-state index in [0.29, 0.717) is 5.56 Å². The number of nitrogens with zero attached hydrogens (tertiary/aromatic N) is 4. The van der Waals surface area contributed by atoms with Crippen molar-refractivity contribution in [1.29, 1.82) is 5.26 Å². The monoisotopic (exact) mass is 453 g/mol. The highest BCUT2D eigenvalue weighted by Crippen LogP contribution is 2.29. The van der Waals surface area contributed by atoms with Crippen molar-refractivity contribution in [3.8, 4) is 17.5 Å². The van der Waals surface area contributed by atoms with E-state index in [9.17, 15) is 5.26 Å². The second kappa shape index (κ2) is 8.61. The molecule has 3 N–H and O–H groups in total. The fourth-order valence-corrected chi connectivity index (χ4v) is 4.05. The van der Waals surface area contributed by atoms with Crippen molar-refractivity contribution in [1.82, 2.24) is 19.9 Å². The summed E-state index contributed by atoms with van der Waals surface area (Å²) in [7, 11) is 0. The van der Waals surface area contributed by atoms with Gasteiger partial charge in [0.05, 0.1) is 28.2 Å². The Labute approximate surface area is 201 Å². The number of aromatic amines is 1. The van der Waals surface area contributed by atoms with E-state index in [4.69, 9.17) is 4.98 Å². The predicted octanol–water partition coefficient (Wildman–Crippen LogP) is 6.53. The van der Waals surface area contributed by atoms with Crippen molar-refractivity contribution in [3.63, 3.8) is 0 Å². The Morgan fingerprint density at radius 1 is 0.743 bits per heavy atom. The molecule has 3 heterocycles. The average molecular weight is 454 g/mol. The molecule has 0 aliphatic rings. The smallest absolute Gasteiger partial charge is 0.138 e. The van der Waals surface area contributed by atoms with Crippen LogP contribution in [-0.2, 0) is 0 Å². The second-order valence-corrected chi connectivity index (χ2v) is 8.09. The van der Waals surface area contributed by atoms with Crippen LogP contribution in [0.25, 0.3) is 33.3 Å². The van der Waals surface area contributed by atoms with Gasteiger partial charge in [0, 0.05) is 52.3 Å². The van der Waals surface area contributed by atoms with Crippen molar-refractivity contribution >= 4 is 44.7 Å². The SMILES string of the molecule is N#Cc1ccc2nccc(Nc3cccc(-c4nc5ccc(Nc6ccncc6)cc5[nH]4)c3)c2c1. The first-order chi connectivity index (χ1) is 17.2. The summed E-state index contributed by atoms with van der Waals surface area (Å²) in [4.78, 5) is 16.7. The molecule has 0 aliphatic heterocycles. The van der Waals surface area contributed by atoms with Crippen molar-refractivity contribution in [2.45, 2.75) is 0 Å². The van der Waals surface area contributed by atoms with Crippen LogP contribution >= 0.6 is 0 Å². The highest BCUT2D eigenvalue weighted by atomic mass is 14.9. The summed E-state index contributed by atoms with van der Waals surface area (Å²) < 4.78 is 0. The lowest BCUT2D eigenvalue weighted by atomic mass is 10.1. The Kier molecular flexibility index (Phi) is 5.02. The highest BCUT2D eigenvalue weighted by molar-refractivity contribution is 5.94. The molecule has 0 spiro atoms. The summed E-state index contributed by atoms with van der Waals surface area (Å²) in [5.41, 5.74) is 7.98. The largest absolute Gasteiger partial charge is 0.355 e. The van der Waals surface area contributed by atoms with Crippen LogP contribution in [0.3, 0.4) is 0 Å². The molecule has 7 nitrogen and oxygen atoms in total. The van der Waals surface area contributed by atoms with Gasteiger partial charge in [-0.05, 0) is 66.7 Å². The zero-order valence-corrected chi connectivity index (χ0v) is 18.5. The maximum Gasteiger partial charge on any atom is 0.138 e.